The molecule has 0 aromatic rings. The summed E-state index contributed by atoms with van der Waals surface area (Å²) in [7, 11) is 0.877. The number of hydrogen-bond donors (Lipinski definition) is 2. The fourth-order valence-electron chi connectivity index (χ4n) is 1.12. The average molecular weight is 222 g/mol. The van der Waals surface area contributed by atoms with Crippen molar-refractivity contribution < 1.29 is 14.9 Å². The van der Waals surface area contributed by atoms with Gasteiger partial charge in [0.05, 0.1) is 24.9 Å². The maximum Gasteiger partial charge on any atom is 0.0798 e. The van der Waals surface area contributed by atoms with Gasteiger partial charge in [0.1, 0.15) is 0 Å². The normalized spacial score (nSPS) is 17.6. The molecule has 0 bridgehead atoms. The Morgan fingerprint density at radius 2 is 2.00 bits per heavy atom. The number of rotatable bonds is 7. The lowest BCUT2D eigenvalue weighted by Gasteiger charge is -2.28. The largest absolute Gasteiger partial charge is 0.394 e. The van der Waals surface area contributed by atoms with Crippen molar-refractivity contribution in [2.75, 3.05) is 19.9 Å². The molecule has 0 saturated heterocycles. The minimum atomic E-state index is -0.676. The van der Waals surface area contributed by atoms with Gasteiger partial charge in [-0.3, -0.25) is 0 Å². The zero-order chi connectivity index (χ0) is 11.2. The number of aliphatic hydroxyl groups is 2. The Balaban J connectivity index is 3.82. The molecular weight excluding hydrogens is 199 g/mol. The monoisotopic (exact) mass is 222 g/mol. The van der Waals surface area contributed by atoms with Crippen molar-refractivity contribution in [2.45, 2.75) is 44.6 Å². The molecule has 3 unspecified atom stereocenters. The zero-order valence-corrected chi connectivity index (χ0v) is 10.6. The molecular formula is C10H23O3P. The fourth-order valence-corrected chi connectivity index (χ4v) is 1.37. The van der Waals surface area contributed by atoms with Crippen LogP contribution in [0.3, 0.4) is 0 Å². The predicted molar refractivity (Wildman–Crippen MR) is 61.4 cm³/mol. The Kier molecular flexibility index (Phi) is 6.88. The lowest BCUT2D eigenvalue weighted by Crippen LogP contribution is -2.33. The molecule has 0 aliphatic rings. The van der Waals surface area contributed by atoms with Crippen LogP contribution >= 0.6 is 8.58 Å². The van der Waals surface area contributed by atoms with Gasteiger partial charge in [0.2, 0.25) is 0 Å². The molecule has 0 fully saturated rings. The molecule has 14 heavy (non-hydrogen) atoms. The summed E-state index contributed by atoms with van der Waals surface area (Å²) >= 11 is 0. The molecule has 3 nitrogen and oxygen atoms in total. The fraction of sp³-hybridized carbons (Fsp3) is 1.00. The molecule has 2 N–H and O–H groups in total. The Hall–Kier alpha value is 0.310. The van der Waals surface area contributed by atoms with Crippen LogP contribution in [0.4, 0.5) is 0 Å². The summed E-state index contributed by atoms with van der Waals surface area (Å²) in [6, 6.07) is 0. The van der Waals surface area contributed by atoms with E-state index in [9.17, 15) is 5.11 Å². The highest BCUT2D eigenvalue weighted by molar-refractivity contribution is 7.37. The molecule has 4 heteroatoms. The van der Waals surface area contributed by atoms with E-state index in [-0.39, 0.29) is 12.2 Å². The van der Waals surface area contributed by atoms with Crippen LogP contribution < -0.4 is 0 Å². The average Bonchev–Trinajstić information content (AvgIpc) is 2.13. The van der Waals surface area contributed by atoms with E-state index in [4.69, 9.17) is 9.84 Å². The Labute approximate surface area is 88.6 Å². The summed E-state index contributed by atoms with van der Waals surface area (Å²) in [5.41, 5.74) is 0.219. The van der Waals surface area contributed by atoms with Gasteiger partial charge in [0.25, 0.3) is 0 Å². The first-order valence-electron chi connectivity index (χ1n) is 5.01. The third kappa shape index (κ3) is 6.72. The lowest BCUT2D eigenvalue weighted by molar-refractivity contribution is -0.0565. The summed E-state index contributed by atoms with van der Waals surface area (Å²) in [6.07, 6.45) is -0.201. The van der Waals surface area contributed by atoms with Crippen LogP contribution in [-0.4, -0.2) is 47.5 Å². The van der Waals surface area contributed by atoms with Gasteiger partial charge in [-0.15, -0.1) is 8.58 Å². The molecule has 0 radical (unpaired) electrons. The van der Waals surface area contributed by atoms with Crippen molar-refractivity contribution in [1.82, 2.24) is 0 Å². The highest BCUT2D eigenvalue weighted by Gasteiger charge is 2.22. The molecule has 0 heterocycles. The van der Waals surface area contributed by atoms with Gasteiger partial charge in [0.15, 0.2) is 0 Å². The van der Waals surface area contributed by atoms with E-state index < -0.39 is 6.10 Å². The first-order chi connectivity index (χ1) is 6.41. The molecule has 3 atom stereocenters. The van der Waals surface area contributed by atoms with E-state index in [1.807, 2.05) is 13.8 Å². The summed E-state index contributed by atoms with van der Waals surface area (Å²) < 4.78 is 5.69. The van der Waals surface area contributed by atoms with Crippen LogP contribution in [0, 0.1) is 0 Å². The van der Waals surface area contributed by atoms with Crippen LogP contribution in [0.1, 0.15) is 27.2 Å². The molecule has 0 aromatic carbocycles. The van der Waals surface area contributed by atoms with Crippen LogP contribution in [-0.2, 0) is 4.74 Å². The molecule has 0 amide bonds. The number of aliphatic hydroxyl groups excluding tert-OH is 2. The highest BCUT2D eigenvalue weighted by atomic mass is 31.1. The Morgan fingerprint density at radius 3 is 2.43 bits per heavy atom. The second-order valence-corrected chi connectivity index (χ2v) is 5.86. The van der Waals surface area contributed by atoms with Gasteiger partial charge >= 0.3 is 0 Å². The first kappa shape index (κ1) is 14.3. The molecule has 0 aliphatic carbocycles. The molecule has 0 aliphatic heterocycles. The summed E-state index contributed by atoms with van der Waals surface area (Å²) in [4.78, 5) is 0. The van der Waals surface area contributed by atoms with Crippen LogP contribution in [0.25, 0.3) is 0 Å². The first-order valence-corrected chi connectivity index (χ1v) is 6.59. The quantitative estimate of drug-likeness (QED) is 0.637. The maximum absolute atomic E-state index is 9.29. The molecule has 0 saturated carbocycles. The number of ether oxygens (including phenoxy) is 1. The minimum Gasteiger partial charge on any atom is -0.394 e. The van der Waals surface area contributed by atoms with Crippen molar-refractivity contribution >= 4 is 8.58 Å². The highest BCUT2D eigenvalue weighted by Crippen LogP contribution is 2.20. The Bertz CT molecular complexity index is 150. The minimum absolute atomic E-state index is 0.197. The molecule has 86 valence electrons. The van der Waals surface area contributed by atoms with Gasteiger partial charge in [-0.05, 0) is 26.2 Å². The van der Waals surface area contributed by atoms with E-state index >= 15 is 0 Å². The van der Waals surface area contributed by atoms with Gasteiger partial charge in [-0.25, -0.2) is 0 Å². The van der Waals surface area contributed by atoms with Crippen molar-refractivity contribution in [3.05, 3.63) is 0 Å². The SMILES string of the molecule is CPC(C)COC(C)(C)CC(O)CO. The molecule has 0 rings (SSSR count). The van der Waals surface area contributed by atoms with Crippen molar-refractivity contribution in [2.24, 2.45) is 0 Å². The van der Waals surface area contributed by atoms with Crippen LogP contribution in [0.2, 0.25) is 0 Å². The summed E-state index contributed by atoms with van der Waals surface area (Å²) in [6.45, 7) is 8.72. The van der Waals surface area contributed by atoms with E-state index in [2.05, 4.69) is 13.6 Å². The Morgan fingerprint density at radius 1 is 1.43 bits per heavy atom. The maximum atomic E-state index is 9.29. The van der Waals surface area contributed by atoms with Crippen LogP contribution in [0.5, 0.6) is 0 Å². The summed E-state index contributed by atoms with van der Waals surface area (Å²) in [5.74, 6) is 0. The van der Waals surface area contributed by atoms with E-state index in [0.717, 1.165) is 15.2 Å². The van der Waals surface area contributed by atoms with Gasteiger partial charge < -0.3 is 14.9 Å². The zero-order valence-electron chi connectivity index (χ0n) is 9.58. The van der Waals surface area contributed by atoms with Gasteiger partial charge in [-0.1, -0.05) is 6.92 Å². The number of hydrogen-bond acceptors (Lipinski definition) is 3. The molecule has 0 spiro atoms. The van der Waals surface area contributed by atoms with Gasteiger partial charge in [0, 0.05) is 6.42 Å². The third-order valence-electron chi connectivity index (χ3n) is 2.15. The smallest absolute Gasteiger partial charge is 0.0798 e. The van der Waals surface area contributed by atoms with E-state index in [1.54, 1.807) is 0 Å². The van der Waals surface area contributed by atoms with E-state index in [1.165, 1.54) is 0 Å². The van der Waals surface area contributed by atoms with E-state index in [0.29, 0.717) is 12.1 Å². The van der Waals surface area contributed by atoms with Crippen molar-refractivity contribution in [3.63, 3.8) is 0 Å². The third-order valence-corrected chi connectivity index (χ3v) is 3.31. The van der Waals surface area contributed by atoms with Crippen molar-refractivity contribution in [1.29, 1.82) is 0 Å². The summed E-state index contributed by atoms with van der Waals surface area (Å²) in [5, 5.41) is 18.0. The standard InChI is InChI=1S/C10H23O3P/c1-8(14-4)7-13-10(2,3)5-9(12)6-11/h8-9,11-12,14H,5-7H2,1-4H3. The second-order valence-electron chi connectivity index (χ2n) is 4.30. The van der Waals surface area contributed by atoms with Crippen molar-refractivity contribution in [3.8, 4) is 0 Å². The van der Waals surface area contributed by atoms with Crippen LogP contribution in [0.15, 0.2) is 0 Å². The predicted octanol–water partition coefficient (Wildman–Crippen LogP) is 1.22. The van der Waals surface area contributed by atoms with Gasteiger partial charge in [-0.2, -0.15) is 0 Å². The lowest BCUT2D eigenvalue weighted by atomic mass is 10.0. The second kappa shape index (κ2) is 6.73. The molecule has 0 aromatic heterocycles. The topological polar surface area (TPSA) is 49.7 Å².